The van der Waals surface area contributed by atoms with Crippen LogP contribution in [0.3, 0.4) is 0 Å². The number of benzene rings is 1. The molecule has 0 bridgehead atoms. The molecule has 13 heteroatoms. The second-order valence-corrected chi connectivity index (χ2v) is 8.49. The van der Waals surface area contributed by atoms with Crippen molar-refractivity contribution in [2.24, 2.45) is 0 Å². The van der Waals surface area contributed by atoms with Gasteiger partial charge in [-0.2, -0.15) is 13.2 Å². The number of sulfonamides is 2. The number of carbonyl (C=O) groups excluding carboxylic acids is 1. The minimum absolute atomic E-state index is 0.0618. The SMILES string of the molecule is C=C(C)C(=O)OCCCOc1ccc(S(=O)(=O)[N-]S(=O)(=O)C(F)(F)F)cc1. The fourth-order valence-electron chi connectivity index (χ4n) is 1.46. The molecule has 0 amide bonds. The van der Waals surface area contributed by atoms with Crippen molar-refractivity contribution in [2.75, 3.05) is 13.2 Å². The van der Waals surface area contributed by atoms with Crippen molar-refractivity contribution in [1.82, 2.24) is 0 Å². The first kappa shape index (κ1) is 22.9. The minimum Gasteiger partial charge on any atom is -0.493 e. The third-order valence-electron chi connectivity index (χ3n) is 2.75. The Kier molecular flexibility index (Phi) is 7.40. The Bertz CT molecular complexity index is 892. The monoisotopic (exact) mass is 430 g/mol. The van der Waals surface area contributed by atoms with Gasteiger partial charge in [0.25, 0.3) is 0 Å². The predicted molar refractivity (Wildman–Crippen MR) is 87.8 cm³/mol. The molecule has 152 valence electrons. The largest absolute Gasteiger partial charge is 0.493 e. The van der Waals surface area contributed by atoms with Gasteiger partial charge in [0.1, 0.15) is 15.8 Å². The molecule has 0 unspecified atom stereocenters. The third kappa shape index (κ3) is 6.84. The molecule has 1 aromatic rings. The second-order valence-electron chi connectivity index (χ2n) is 5.06. The maximum absolute atomic E-state index is 12.2. The summed E-state index contributed by atoms with van der Waals surface area (Å²) < 4.78 is 93.8. The lowest BCUT2D eigenvalue weighted by Crippen LogP contribution is -2.24. The van der Waals surface area contributed by atoms with E-state index in [0.717, 1.165) is 24.3 Å². The molecular formula is C14H15F3NO7S2-. The van der Waals surface area contributed by atoms with Gasteiger partial charge in [-0.05, 0) is 31.2 Å². The summed E-state index contributed by atoms with van der Waals surface area (Å²) in [7, 11) is -11.3. The highest BCUT2D eigenvalue weighted by Crippen LogP contribution is 2.32. The van der Waals surface area contributed by atoms with Crippen molar-refractivity contribution in [3.05, 3.63) is 40.5 Å². The van der Waals surface area contributed by atoms with Crippen molar-refractivity contribution in [3.8, 4) is 5.75 Å². The van der Waals surface area contributed by atoms with Gasteiger partial charge < -0.3 is 13.6 Å². The van der Waals surface area contributed by atoms with Crippen LogP contribution in [0.2, 0.25) is 0 Å². The zero-order chi connectivity index (χ0) is 20.9. The normalized spacial score (nSPS) is 12.4. The maximum Gasteiger partial charge on any atom is 0.480 e. The van der Waals surface area contributed by atoms with E-state index in [4.69, 9.17) is 9.47 Å². The van der Waals surface area contributed by atoms with Crippen molar-refractivity contribution in [1.29, 1.82) is 0 Å². The van der Waals surface area contributed by atoms with Crippen molar-refractivity contribution in [2.45, 2.75) is 23.7 Å². The van der Waals surface area contributed by atoms with Crippen LogP contribution in [0, 0.1) is 0 Å². The lowest BCUT2D eigenvalue weighted by atomic mass is 10.3. The van der Waals surface area contributed by atoms with E-state index in [0.29, 0.717) is 6.42 Å². The van der Waals surface area contributed by atoms with E-state index >= 15 is 0 Å². The van der Waals surface area contributed by atoms with Crippen LogP contribution in [0.1, 0.15) is 13.3 Å². The number of hydrogen-bond donors (Lipinski definition) is 0. The molecule has 1 aromatic carbocycles. The summed E-state index contributed by atoms with van der Waals surface area (Å²) in [5.74, 6) is -0.388. The predicted octanol–water partition coefficient (Wildman–Crippen LogP) is 2.49. The molecular weight excluding hydrogens is 415 g/mol. The van der Waals surface area contributed by atoms with Crippen LogP contribution in [0.5, 0.6) is 5.75 Å². The van der Waals surface area contributed by atoms with Gasteiger partial charge in [0, 0.05) is 16.9 Å². The smallest absolute Gasteiger partial charge is 0.480 e. The molecule has 27 heavy (non-hydrogen) atoms. The highest BCUT2D eigenvalue weighted by molar-refractivity contribution is 8.12. The van der Waals surface area contributed by atoms with E-state index in [1.54, 1.807) is 0 Å². The minimum atomic E-state index is -6.19. The van der Waals surface area contributed by atoms with E-state index in [2.05, 4.69) is 6.58 Å². The number of hydrogen-bond acceptors (Lipinski definition) is 7. The summed E-state index contributed by atoms with van der Waals surface area (Å²) in [6.07, 6.45) is 0.318. The molecule has 0 N–H and O–H groups in total. The maximum atomic E-state index is 12.2. The van der Waals surface area contributed by atoms with Gasteiger partial charge >= 0.3 is 11.5 Å². The molecule has 0 spiro atoms. The zero-order valence-electron chi connectivity index (χ0n) is 13.9. The number of alkyl halides is 3. The zero-order valence-corrected chi connectivity index (χ0v) is 15.5. The van der Waals surface area contributed by atoms with Gasteiger partial charge in [-0.3, -0.25) is 0 Å². The van der Waals surface area contributed by atoms with Crippen molar-refractivity contribution in [3.63, 3.8) is 0 Å². The van der Waals surface area contributed by atoms with Crippen LogP contribution < -0.4 is 4.74 Å². The molecule has 0 heterocycles. The van der Waals surface area contributed by atoms with E-state index in [1.165, 1.54) is 6.92 Å². The van der Waals surface area contributed by atoms with Crippen LogP contribution >= 0.6 is 0 Å². The molecule has 0 saturated heterocycles. The summed E-state index contributed by atoms with van der Waals surface area (Å²) in [5, 5.41) is 0. The first-order chi connectivity index (χ1) is 12.3. The van der Waals surface area contributed by atoms with E-state index < -0.39 is 36.4 Å². The Balaban J connectivity index is 2.63. The molecule has 0 aliphatic rings. The standard InChI is InChI=1S/C14H15F3NO7S2/c1-10(2)13(19)25-9-3-8-24-11-4-6-12(7-5-11)26(20,21)18-27(22,23)14(15,16)17/h4-7H,1,3,8-9H2,2H3/q-1. The first-order valence-corrected chi connectivity index (χ1v) is 10.0. The lowest BCUT2D eigenvalue weighted by Gasteiger charge is -2.22. The Labute approximate surface area is 154 Å². The molecule has 0 fully saturated rings. The van der Waals surface area contributed by atoms with Gasteiger partial charge in [0.15, 0.2) is 10.0 Å². The molecule has 0 saturated carbocycles. The molecule has 0 radical (unpaired) electrons. The van der Waals surface area contributed by atoms with Crippen LogP contribution in [0.25, 0.3) is 4.13 Å². The summed E-state index contributed by atoms with van der Waals surface area (Å²) in [6, 6.07) is 3.92. The average molecular weight is 430 g/mol. The molecule has 0 atom stereocenters. The third-order valence-corrected chi connectivity index (χ3v) is 5.77. The van der Waals surface area contributed by atoms with Crippen LogP contribution in [0.4, 0.5) is 13.2 Å². The van der Waals surface area contributed by atoms with Crippen molar-refractivity contribution < 1.29 is 44.3 Å². The van der Waals surface area contributed by atoms with Gasteiger partial charge in [0.2, 0.25) is 0 Å². The Morgan fingerprint density at radius 1 is 1.11 bits per heavy atom. The molecule has 0 aromatic heterocycles. The molecule has 0 aliphatic heterocycles. The van der Waals surface area contributed by atoms with Crippen LogP contribution in [0.15, 0.2) is 41.3 Å². The number of halogens is 3. The van der Waals surface area contributed by atoms with E-state index in [9.17, 15) is 34.8 Å². The number of ether oxygens (including phenoxy) is 2. The van der Waals surface area contributed by atoms with Gasteiger partial charge in [-0.1, -0.05) is 6.58 Å². The van der Waals surface area contributed by atoms with Gasteiger partial charge in [-0.25, -0.2) is 21.6 Å². The first-order valence-electron chi connectivity index (χ1n) is 7.12. The summed E-state index contributed by atoms with van der Waals surface area (Å²) in [5.41, 5.74) is -5.58. The van der Waals surface area contributed by atoms with Crippen LogP contribution in [-0.4, -0.2) is 41.5 Å². The molecule has 1 rings (SSSR count). The topological polar surface area (TPSA) is 118 Å². The molecule has 8 nitrogen and oxygen atoms in total. The van der Waals surface area contributed by atoms with Crippen molar-refractivity contribution >= 4 is 26.0 Å². The van der Waals surface area contributed by atoms with E-state index in [1.807, 2.05) is 4.13 Å². The highest BCUT2D eigenvalue weighted by Gasteiger charge is 2.40. The van der Waals surface area contributed by atoms with E-state index in [-0.39, 0.29) is 24.5 Å². The fourth-order valence-corrected chi connectivity index (χ4v) is 3.66. The number of nitrogens with zero attached hydrogens (tertiary/aromatic N) is 1. The number of rotatable bonds is 9. The average Bonchev–Trinajstić information content (AvgIpc) is 2.52. The lowest BCUT2D eigenvalue weighted by molar-refractivity contribution is -0.139. The summed E-state index contributed by atoms with van der Waals surface area (Å²) >= 11 is 0. The Morgan fingerprint density at radius 3 is 2.15 bits per heavy atom. The number of esters is 1. The van der Waals surface area contributed by atoms with Gasteiger partial charge in [-0.15, -0.1) is 0 Å². The van der Waals surface area contributed by atoms with Gasteiger partial charge in [0.05, 0.1) is 13.2 Å². The summed E-state index contributed by atoms with van der Waals surface area (Å²) in [4.78, 5) is 10.4. The summed E-state index contributed by atoms with van der Waals surface area (Å²) in [6.45, 7) is 5.05. The molecule has 0 aliphatic carbocycles. The highest BCUT2D eigenvalue weighted by atomic mass is 32.3. The Hall–Kier alpha value is -2.12. The fraction of sp³-hybridized carbons (Fsp3) is 0.357. The van der Waals surface area contributed by atoms with Crippen LogP contribution in [-0.2, 0) is 29.6 Å². The Morgan fingerprint density at radius 2 is 1.67 bits per heavy atom. The number of carbonyl (C=O) groups is 1. The quantitative estimate of drug-likeness (QED) is 0.335. The second kappa shape index (κ2) is 8.71.